The van der Waals surface area contributed by atoms with Gasteiger partial charge in [0.2, 0.25) is 10.0 Å². The molecule has 0 bridgehead atoms. The quantitative estimate of drug-likeness (QED) is 0.419. The molecular weight excluding hydrogens is 355 g/mol. The van der Waals surface area contributed by atoms with Crippen molar-refractivity contribution in [1.29, 1.82) is 0 Å². The van der Waals surface area contributed by atoms with Crippen LogP contribution in [0.4, 0.5) is 11.6 Å². The number of benzene rings is 1. The summed E-state index contributed by atoms with van der Waals surface area (Å²) < 4.78 is 28.3. The molecule has 0 aliphatic rings. The zero-order valence-electron chi connectivity index (χ0n) is 14.3. The van der Waals surface area contributed by atoms with Gasteiger partial charge in [-0.1, -0.05) is 11.3 Å². The Bertz CT molecular complexity index is 801. The Kier molecular flexibility index (Phi) is 7.90. The number of aromatic nitrogens is 2. The molecule has 2 rings (SSSR count). The Labute approximate surface area is 184 Å². The number of rotatable bonds is 5. The van der Waals surface area contributed by atoms with Gasteiger partial charge >= 0.3 is 51.4 Å². The molecule has 0 spiro atoms. The second-order valence-corrected chi connectivity index (χ2v) is 6.65. The van der Waals surface area contributed by atoms with Gasteiger partial charge in [-0.2, -0.15) is 0 Å². The molecule has 0 saturated heterocycles. The van der Waals surface area contributed by atoms with Crippen molar-refractivity contribution in [2.24, 2.45) is 10.3 Å². The van der Waals surface area contributed by atoms with Gasteiger partial charge in [-0.15, -0.1) is 5.11 Å². The summed E-state index contributed by atoms with van der Waals surface area (Å²) in [6, 6.07) is 7.70. The molecule has 1 aromatic heterocycles. The number of hydrogen-bond acceptors (Lipinski definition) is 6. The van der Waals surface area contributed by atoms with Crippen LogP contribution in [0.2, 0.25) is 0 Å². The predicted molar refractivity (Wildman–Crippen MR) is 86.4 cm³/mol. The van der Waals surface area contributed by atoms with Gasteiger partial charge < -0.3 is 9.97 Å². The molecule has 0 atom stereocenters. The van der Waals surface area contributed by atoms with E-state index in [-0.39, 0.29) is 62.2 Å². The Morgan fingerprint density at radius 3 is 2.08 bits per heavy atom. The van der Waals surface area contributed by atoms with Gasteiger partial charge in [0.05, 0.1) is 10.6 Å². The molecule has 122 valence electrons. The van der Waals surface area contributed by atoms with E-state index in [1.807, 2.05) is 0 Å². The Hall–Kier alpha value is -0.914. The molecule has 10 heteroatoms. The third kappa shape index (κ3) is 6.19. The Balaban J connectivity index is 0.00000288. The molecule has 0 unspecified atom stereocenters. The molecule has 1 aromatic carbocycles. The smallest absolute Gasteiger partial charge is 0.363 e. The van der Waals surface area contributed by atoms with E-state index in [1.54, 1.807) is 46.1 Å². The third-order valence-corrected chi connectivity index (χ3v) is 3.92. The summed E-state index contributed by atoms with van der Waals surface area (Å²) in [6.07, 6.45) is 0. The Morgan fingerprint density at radius 2 is 1.58 bits per heavy atom. The number of nitrogens with zero attached hydrogens (tertiary/aromatic N) is 6. The van der Waals surface area contributed by atoms with E-state index in [9.17, 15) is 8.42 Å². The van der Waals surface area contributed by atoms with Crippen LogP contribution in [-0.2, 0) is 10.0 Å². The SMILES string of the molecule is Cc1cc(C)nc([N-]S(=O)(=O)c2ccc(N=NN(C)C)cc2)n1.[K+]. The standard InChI is InChI=1S/C14H17N6O2S.K/c1-10-9-11(2)16-14(15-10)18-23(21,22)13-7-5-12(6-8-13)17-19-20(3)4;/h5-9H,1-4H3;/q-1;+1. The Morgan fingerprint density at radius 1 is 1.04 bits per heavy atom. The molecule has 0 saturated carbocycles. The first-order valence-corrected chi connectivity index (χ1v) is 8.19. The van der Waals surface area contributed by atoms with Crippen molar-refractivity contribution in [3.63, 3.8) is 0 Å². The van der Waals surface area contributed by atoms with E-state index < -0.39 is 10.0 Å². The number of aryl methyl sites for hydroxylation is 2. The van der Waals surface area contributed by atoms with E-state index >= 15 is 0 Å². The van der Waals surface area contributed by atoms with E-state index in [0.717, 1.165) is 0 Å². The van der Waals surface area contributed by atoms with Crippen LogP contribution in [-0.4, -0.2) is 37.5 Å². The van der Waals surface area contributed by atoms with Gasteiger partial charge in [0.1, 0.15) is 0 Å². The van der Waals surface area contributed by atoms with E-state index in [1.165, 1.54) is 17.1 Å². The number of sulfonamides is 1. The first kappa shape index (κ1) is 21.1. The van der Waals surface area contributed by atoms with E-state index in [0.29, 0.717) is 17.1 Å². The van der Waals surface area contributed by atoms with Gasteiger partial charge in [-0.3, -0.25) is 9.73 Å². The maximum atomic E-state index is 12.3. The summed E-state index contributed by atoms with van der Waals surface area (Å²) in [4.78, 5) is 8.08. The summed E-state index contributed by atoms with van der Waals surface area (Å²) in [5.41, 5.74) is 1.86. The van der Waals surface area contributed by atoms with Gasteiger partial charge in [0, 0.05) is 20.0 Å². The average molecular weight is 372 g/mol. The van der Waals surface area contributed by atoms with Crippen molar-refractivity contribution in [1.82, 2.24) is 15.0 Å². The van der Waals surface area contributed by atoms with Crippen LogP contribution in [0.15, 0.2) is 45.6 Å². The molecule has 0 fully saturated rings. The van der Waals surface area contributed by atoms with Gasteiger partial charge in [0.25, 0.3) is 0 Å². The summed E-state index contributed by atoms with van der Waals surface area (Å²) in [5, 5.41) is 9.32. The predicted octanol–water partition coefficient (Wildman–Crippen LogP) is 0.0518. The largest absolute Gasteiger partial charge is 1.00 e. The normalized spacial score (nSPS) is 11.2. The maximum Gasteiger partial charge on any atom is 1.00 e. The van der Waals surface area contributed by atoms with Crippen molar-refractivity contribution in [2.45, 2.75) is 18.7 Å². The van der Waals surface area contributed by atoms with Crippen LogP contribution in [0, 0.1) is 13.8 Å². The van der Waals surface area contributed by atoms with Crippen LogP contribution in [0.3, 0.4) is 0 Å². The minimum Gasteiger partial charge on any atom is -0.363 e. The van der Waals surface area contributed by atoms with Gasteiger partial charge in [-0.05, 0) is 49.5 Å². The fraction of sp³-hybridized carbons (Fsp3) is 0.286. The first-order valence-electron chi connectivity index (χ1n) is 6.75. The molecule has 0 aliphatic carbocycles. The van der Waals surface area contributed by atoms with Crippen LogP contribution >= 0.6 is 0 Å². The van der Waals surface area contributed by atoms with Crippen molar-refractivity contribution >= 4 is 21.7 Å². The molecule has 1 heterocycles. The topological polar surface area (TPSA) is 102 Å². The molecule has 0 N–H and O–H groups in total. The van der Waals surface area contributed by atoms with Crippen LogP contribution in [0.25, 0.3) is 4.72 Å². The van der Waals surface area contributed by atoms with Crippen molar-refractivity contribution in [3.8, 4) is 0 Å². The summed E-state index contributed by atoms with van der Waals surface area (Å²) >= 11 is 0. The van der Waals surface area contributed by atoms with Crippen molar-refractivity contribution in [3.05, 3.63) is 46.4 Å². The fourth-order valence-corrected chi connectivity index (χ4v) is 2.62. The second kappa shape index (κ2) is 8.97. The third-order valence-electron chi connectivity index (χ3n) is 2.65. The van der Waals surface area contributed by atoms with Gasteiger partial charge in [-0.25, -0.2) is 8.42 Å². The van der Waals surface area contributed by atoms with Crippen LogP contribution < -0.4 is 51.4 Å². The van der Waals surface area contributed by atoms with Gasteiger partial charge in [0.15, 0.2) is 0 Å². The van der Waals surface area contributed by atoms with Crippen LogP contribution in [0.5, 0.6) is 0 Å². The molecule has 24 heavy (non-hydrogen) atoms. The average Bonchev–Trinajstić information content (AvgIpc) is 2.44. The zero-order chi connectivity index (χ0) is 17.0. The van der Waals surface area contributed by atoms with Crippen molar-refractivity contribution in [2.75, 3.05) is 14.1 Å². The minimum atomic E-state index is -3.88. The summed E-state index contributed by atoms with van der Waals surface area (Å²) in [5.74, 6) is -0.0705. The molecule has 2 aromatic rings. The zero-order valence-corrected chi connectivity index (χ0v) is 18.2. The van der Waals surface area contributed by atoms with Crippen molar-refractivity contribution < 1.29 is 59.8 Å². The second-order valence-electron chi connectivity index (χ2n) is 5.05. The van der Waals surface area contributed by atoms with E-state index in [4.69, 9.17) is 0 Å². The summed E-state index contributed by atoms with van der Waals surface area (Å²) in [6.45, 7) is 3.51. The maximum absolute atomic E-state index is 12.3. The first-order chi connectivity index (χ1) is 10.8. The molecule has 8 nitrogen and oxygen atoms in total. The molecule has 0 aliphatic heterocycles. The molecule has 0 radical (unpaired) electrons. The molecular formula is C14H17KN6O2S. The summed E-state index contributed by atoms with van der Waals surface area (Å²) in [7, 11) is -0.395. The fourth-order valence-electron chi connectivity index (χ4n) is 1.73. The minimum absolute atomic E-state index is 0. The molecule has 0 amide bonds. The number of hydrogen-bond donors (Lipinski definition) is 0. The van der Waals surface area contributed by atoms with Crippen LogP contribution in [0.1, 0.15) is 11.4 Å². The van der Waals surface area contributed by atoms with E-state index in [2.05, 4.69) is 25.0 Å². The monoisotopic (exact) mass is 372 g/mol.